The third-order valence-corrected chi connectivity index (χ3v) is 9.31. The van der Waals surface area contributed by atoms with E-state index in [0.717, 1.165) is 50.0 Å². The fraction of sp³-hybridized carbons (Fsp3) is 0.382. The van der Waals surface area contributed by atoms with Crippen LogP contribution in [-0.2, 0) is 32.9 Å². The number of amides is 1. The molecule has 2 aliphatic heterocycles. The highest BCUT2D eigenvalue weighted by Crippen LogP contribution is 2.36. The van der Waals surface area contributed by atoms with Crippen molar-refractivity contribution in [1.82, 2.24) is 19.0 Å². The Morgan fingerprint density at radius 2 is 1.77 bits per heavy atom. The third-order valence-electron chi connectivity index (χ3n) is 9.31. The van der Waals surface area contributed by atoms with Crippen LogP contribution >= 0.6 is 0 Å². The van der Waals surface area contributed by atoms with Gasteiger partial charge >= 0.3 is 0 Å². The monoisotopic (exact) mass is 580 g/mol. The average molecular weight is 581 g/mol. The molecule has 0 unspecified atom stereocenters. The maximum absolute atomic E-state index is 15.3. The summed E-state index contributed by atoms with van der Waals surface area (Å²) in [6, 6.07) is 13.1. The summed E-state index contributed by atoms with van der Waals surface area (Å²) >= 11 is 0. The highest BCUT2D eigenvalue weighted by molar-refractivity contribution is 6.07. The number of rotatable bonds is 6. The second-order valence-electron chi connectivity index (χ2n) is 12.2. The van der Waals surface area contributed by atoms with Gasteiger partial charge in [-0.3, -0.25) is 9.59 Å². The maximum atomic E-state index is 15.3. The lowest BCUT2D eigenvalue weighted by molar-refractivity contribution is 0.0964. The number of hydrogen-bond acceptors (Lipinski definition) is 5. The zero-order valence-electron chi connectivity index (χ0n) is 25.0. The zero-order valence-corrected chi connectivity index (χ0v) is 25.0. The quantitative estimate of drug-likeness (QED) is 0.337. The fourth-order valence-electron chi connectivity index (χ4n) is 7.03. The maximum Gasteiger partial charge on any atom is 0.293 e. The summed E-state index contributed by atoms with van der Waals surface area (Å²) in [6.07, 6.45) is 6.51. The number of nitrogens with zero attached hydrogens (tertiary/aromatic N) is 5. The van der Waals surface area contributed by atoms with Crippen molar-refractivity contribution in [1.29, 1.82) is 0 Å². The van der Waals surface area contributed by atoms with Crippen molar-refractivity contribution in [3.8, 4) is 11.3 Å². The van der Waals surface area contributed by atoms with Crippen LogP contribution in [0.2, 0.25) is 0 Å². The van der Waals surface area contributed by atoms with Gasteiger partial charge in [0.2, 0.25) is 0 Å². The number of carbonyl (C=O) groups excluding carboxylic acids is 1. The fourth-order valence-corrected chi connectivity index (χ4v) is 7.03. The first-order valence-corrected chi connectivity index (χ1v) is 15.3. The van der Waals surface area contributed by atoms with Gasteiger partial charge in [-0.2, -0.15) is 0 Å². The van der Waals surface area contributed by atoms with Gasteiger partial charge in [0.1, 0.15) is 11.5 Å². The minimum atomic E-state index is -0.447. The molecule has 222 valence electrons. The van der Waals surface area contributed by atoms with E-state index in [2.05, 4.69) is 34.0 Å². The molecule has 0 radical (unpaired) electrons. The number of aryl methyl sites for hydroxylation is 2. The van der Waals surface area contributed by atoms with Crippen molar-refractivity contribution in [2.45, 2.75) is 51.5 Å². The molecule has 4 aromatic rings. The van der Waals surface area contributed by atoms with Gasteiger partial charge < -0.3 is 24.3 Å². The van der Waals surface area contributed by atoms with Crippen LogP contribution in [0.5, 0.6) is 0 Å². The highest BCUT2D eigenvalue weighted by atomic mass is 19.1. The first-order chi connectivity index (χ1) is 20.8. The number of fused-ring (bicyclic) bond motifs is 3. The van der Waals surface area contributed by atoms with Crippen molar-refractivity contribution < 1.29 is 9.18 Å². The molecular formula is C34H37FN6O2. The zero-order chi connectivity index (χ0) is 29.8. The summed E-state index contributed by atoms with van der Waals surface area (Å²) in [7, 11) is 3.78. The van der Waals surface area contributed by atoms with E-state index in [4.69, 9.17) is 4.98 Å². The van der Waals surface area contributed by atoms with Crippen LogP contribution in [-0.4, -0.2) is 51.6 Å². The Morgan fingerprint density at radius 3 is 2.51 bits per heavy atom. The van der Waals surface area contributed by atoms with Gasteiger partial charge in [0.25, 0.3) is 11.5 Å². The number of benzene rings is 2. The lowest BCUT2D eigenvalue weighted by Gasteiger charge is -2.36. The van der Waals surface area contributed by atoms with Gasteiger partial charge in [-0.1, -0.05) is 19.1 Å². The Kier molecular flexibility index (Phi) is 6.92. The summed E-state index contributed by atoms with van der Waals surface area (Å²) in [5, 5.41) is 3.19. The topological polar surface area (TPSA) is 75.4 Å². The third kappa shape index (κ3) is 4.85. The van der Waals surface area contributed by atoms with Gasteiger partial charge in [-0.25, -0.2) is 9.37 Å². The number of likely N-dealkylation sites (tertiary alicyclic amines) is 1. The van der Waals surface area contributed by atoms with Crippen LogP contribution in [0.15, 0.2) is 53.5 Å². The van der Waals surface area contributed by atoms with Gasteiger partial charge in [0.05, 0.1) is 11.4 Å². The number of hydrogen-bond donors (Lipinski definition) is 1. The Hall–Kier alpha value is -4.24. The Labute approximate surface area is 250 Å². The highest BCUT2D eigenvalue weighted by Gasteiger charge is 2.32. The van der Waals surface area contributed by atoms with Crippen LogP contribution < -0.4 is 15.8 Å². The first kappa shape index (κ1) is 27.6. The summed E-state index contributed by atoms with van der Waals surface area (Å²) in [4.78, 5) is 35.6. The molecule has 1 fully saturated rings. The molecule has 0 atom stereocenters. The number of anilines is 3. The Bertz CT molecular complexity index is 1780. The van der Waals surface area contributed by atoms with Gasteiger partial charge in [0.15, 0.2) is 5.82 Å². The molecule has 7 rings (SSSR count). The van der Waals surface area contributed by atoms with Crippen molar-refractivity contribution in [3.63, 3.8) is 0 Å². The lowest BCUT2D eigenvalue weighted by Crippen LogP contribution is -2.41. The molecule has 1 N–H and O–H groups in total. The lowest BCUT2D eigenvalue weighted by atomic mass is 9.92. The van der Waals surface area contributed by atoms with Gasteiger partial charge in [-0.15, -0.1) is 0 Å². The Balaban J connectivity index is 1.23. The van der Waals surface area contributed by atoms with E-state index in [9.17, 15) is 9.59 Å². The average Bonchev–Trinajstić information content (AvgIpc) is 3.38. The van der Waals surface area contributed by atoms with E-state index < -0.39 is 5.82 Å². The molecule has 8 nitrogen and oxygen atoms in total. The second-order valence-corrected chi connectivity index (χ2v) is 12.2. The molecule has 1 saturated heterocycles. The molecular weight excluding hydrogens is 543 g/mol. The summed E-state index contributed by atoms with van der Waals surface area (Å²) in [5.74, 6) is 0.156. The smallest absolute Gasteiger partial charge is 0.293 e. The number of aromatic nitrogens is 3. The van der Waals surface area contributed by atoms with Gasteiger partial charge in [0, 0.05) is 62.3 Å². The van der Waals surface area contributed by atoms with Crippen LogP contribution in [0, 0.1) is 5.82 Å². The molecule has 4 heterocycles. The standard InChI is InChI=1S/C34H37FN6O2/c1-4-26-27(16-24(35)17-30(26)41-14-13-40-29-8-6-5-7-22(29)15-31(40)33(41)42)28-20-39(3)34(43)32(37-28)36-25-11-9-21(10-12-25)23-18-38(2)19-23/h9-12,15-17,20,23H,4-8,13-14,18-19H2,1-3H3,(H,36,37). The molecule has 3 aliphatic rings. The van der Waals surface area contributed by atoms with Crippen LogP contribution in [0.4, 0.5) is 21.6 Å². The molecule has 43 heavy (non-hydrogen) atoms. The molecule has 2 aromatic heterocycles. The summed E-state index contributed by atoms with van der Waals surface area (Å²) in [6.45, 7) is 5.25. The van der Waals surface area contributed by atoms with Crippen molar-refractivity contribution in [2.75, 3.05) is 36.9 Å². The molecule has 0 spiro atoms. The number of nitrogens with one attached hydrogen (secondary N) is 1. The van der Waals surface area contributed by atoms with Crippen LogP contribution in [0.25, 0.3) is 11.3 Å². The van der Waals surface area contributed by atoms with Crippen molar-refractivity contribution in [2.24, 2.45) is 7.05 Å². The van der Waals surface area contributed by atoms with Crippen LogP contribution in [0.1, 0.15) is 58.6 Å². The molecule has 1 aliphatic carbocycles. The van der Waals surface area contributed by atoms with E-state index in [-0.39, 0.29) is 17.3 Å². The van der Waals surface area contributed by atoms with Crippen LogP contribution in [0.3, 0.4) is 0 Å². The normalized spacial score (nSPS) is 17.0. The molecule has 1 amide bonds. The first-order valence-electron chi connectivity index (χ1n) is 15.3. The number of carbonyl (C=O) groups is 1. The second kappa shape index (κ2) is 10.8. The number of likely N-dealkylation sites (N-methyl/N-ethyl adjacent to an activating group) is 1. The Morgan fingerprint density at radius 1 is 1.00 bits per heavy atom. The molecule has 0 bridgehead atoms. The largest absolute Gasteiger partial charge is 0.339 e. The number of halogens is 1. The summed E-state index contributed by atoms with van der Waals surface area (Å²) in [5.41, 5.74) is 7.44. The van der Waals surface area contributed by atoms with E-state index in [1.165, 1.54) is 33.5 Å². The van der Waals surface area contributed by atoms with E-state index in [1.807, 2.05) is 25.1 Å². The van der Waals surface area contributed by atoms with E-state index in [1.54, 1.807) is 18.1 Å². The molecule has 0 saturated carbocycles. The molecule has 2 aromatic carbocycles. The summed E-state index contributed by atoms with van der Waals surface area (Å²) < 4.78 is 19.0. The van der Waals surface area contributed by atoms with Crippen molar-refractivity contribution in [3.05, 3.63) is 92.9 Å². The minimum Gasteiger partial charge on any atom is -0.339 e. The van der Waals surface area contributed by atoms with E-state index >= 15 is 4.39 Å². The minimum absolute atomic E-state index is 0.0975. The van der Waals surface area contributed by atoms with Gasteiger partial charge in [-0.05, 0) is 86.2 Å². The predicted molar refractivity (Wildman–Crippen MR) is 167 cm³/mol. The van der Waals surface area contributed by atoms with E-state index in [0.29, 0.717) is 48.1 Å². The predicted octanol–water partition coefficient (Wildman–Crippen LogP) is 5.26. The molecule has 9 heteroatoms. The van der Waals surface area contributed by atoms with Crippen molar-refractivity contribution >= 4 is 23.1 Å². The SMILES string of the molecule is CCc1c(-c2cn(C)c(=O)c(Nc3ccc(C4CN(C)C4)cc3)n2)cc(F)cc1N1CCn2c(cc3c2CCCC3)C1=O.